The van der Waals surface area contributed by atoms with Crippen molar-refractivity contribution in [1.82, 2.24) is 9.97 Å². The van der Waals surface area contributed by atoms with E-state index in [1.807, 2.05) is 6.92 Å². The van der Waals surface area contributed by atoms with Crippen LogP contribution in [-0.2, 0) is 0 Å². The number of hydrogen-bond acceptors (Lipinski definition) is 4. The van der Waals surface area contributed by atoms with Crippen LogP contribution in [0.1, 0.15) is 12.0 Å². The number of aromatic nitrogens is 2. The van der Waals surface area contributed by atoms with Crippen LogP contribution in [0.2, 0.25) is 5.15 Å². The van der Waals surface area contributed by atoms with Gasteiger partial charge in [0.25, 0.3) is 0 Å². The minimum Gasteiger partial charge on any atom is -0.340 e. The fraction of sp³-hybridized carbons (Fsp3) is 0.600. The third-order valence-electron chi connectivity index (χ3n) is 2.80. The first-order chi connectivity index (χ1) is 7.20. The highest BCUT2D eigenvalue weighted by Crippen LogP contribution is 2.21. The third kappa shape index (κ3) is 2.21. The SMILES string of the molecule is Cc1cnc(N2CCC(CN)C2)nc1Cl. The first kappa shape index (κ1) is 10.6. The van der Waals surface area contributed by atoms with Crippen molar-refractivity contribution in [3.8, 4) is 0 Å². The van der Waals surface area contributed by atoms with Gasteiger partial charge in [0.2, 0.25) is 5.95 Å². The third-order valence-corrected chi connectivity index (χ3v) is 3.18. The lowest BCUT2D eigenvalue weighted by Gasteiger charge is -2.16. The Labute approximate surface area is 94.5 Å². The standard InChI is InChI=1S/C10H15ClN4/c1-7-5-13-10(14-9(7)11)15-3-2-8(4-12)6-15/h5,8H,2-4,6,12H2,1H3. The second-order valence-electron chi connectivity index (χ2n) is 3.98. The molecule has 2 N–H and O–H groups in total. The highest BCUT2D eigenvalue weighted by Gasteiger charge is 2.23. The first-order valence-electron chi connectivity index (χ1n) is 5.15. The lowest BCUT2D eigenvalue weighted by atomic mass is 10.1. The average Bonchev–Trinajstić information content (AvgIpc) is 2.70. The molecule has 2 heterocycles. The van der Waals surface area contributed by atoms with Gasteiger partial charge in [-0.3, -0.25) is 0 Å². The van der Waals surface area contributed by atoms with Crippen LogP contribution in [0.3, 0.4) is 0 Å². The molecule has 0 spiro atoms. The molecule has 0 saturated carbocycles. The van der Waals surface area contributed by atoms with Gasteiger partial charge >= 0.3 is 0 Å². The van der Waals surface area contributed by atoms with Crippen molar-refractivity contribution in [2.45, 2.75) is 13.3 Å². The zero-order valence-electron chi connectivity index (χ0n) is 8.78. The Morgan fingerprint density at radius 3 is 3.07 bits per heavy atom. The van der Waals surface area contributed by atoms with Gasteiger partial charge in [-0.1, -0.05) is 11.6 Å². The normalized spacial score (nSPS) is 21.0. The van der Waals surface area contributed by atoms with Gasteiger partial charge in [0.15, 0.2) is 0 Å². The van der Waals surface area contributed by atoms with Gasteiger partial charge < -0.3 is 10.6 Å². The summed E-state index contributed by atoms with van der Waals surface area (Å²) in [6.45, 7) is 4.55. The Balaban J connectivity index is 2.13. The van der Waals surface area contributed by atoms with Crippen LogP contribution >= 0.6 is 11.6 Å². The van der Waals surface area contributed by atoms with Gasteiger partial charge in [-0.05, 0) is 25.8 Å². The summed E-state index contributed by atoms with van der Waals surface area (Å²) in [6, 6.07) is 0. The number of hydrogen-bond donors (Lipinski definition) is 1. The molecule has 1 aliphatic rings. The van der Waals surface area contributed by atoms with Crippen LogP contribution in [0, 0.1) is 12.8 Å². The molecule has 0 radical (unpaired) electrons. The topological polar surface area (TPSA) is 55.0 Å². The van der Waals surface area contributed by atoms with Crippen molar-refractivity contribution in [2.75, 3.05) is 24.5 Å². The van der Waals surface area contributed by atoms with Crippen LogP contribution in [-0.4, -0.2) is 29.6 Å². The Morgan fingerprint density at radius 1 is 1.67 bits per heavy atom. The van der Waals surface area contributed by atoms with Gasteiger partial charge in [0, 0.05) is 24.8 Å². The number of halogens is 1. The minimum absolute atomic E-state index is 0.538. The van der Waals surface area contributed by atoms with E-state index in [-0.39, 0.29) is 0 Å². The predicted molar refractivity (Wildman–Crippen MR) is 61.2 cm³/mol. The summed E-state index contributed by atoms with van der Waals surface area (Å²) in [5.74, 6) is 1.29. The number of rotatable bonds is 2. The molecule has 0 aliphatic carbocycles. The van der Waals surface area contributed by atoms with Gasteiger partial charge in [0.1, 0.15) is 5.15 Å². The molecule has 4 nitrogen and oxygen atoms in total. The quantitative estimate of drug-likeness (QED) is 0.771. The van der Waals surface area contributed by atoms with E-state index in [1.54, 1.807) is 6.20 Å². The number of nitrogens with zero attached hydrogens (tertiary/aromatic N) is 3. The number of nitrogens with two attached hydrogens (primary N) is 1. The Morgan fingerprint density at radius 2 is 2.47 bits per heavy atom. The summed E-state index contributed by atoms with van der Waals surface area (Å²) >= 11 is 5.96. The molecule has 0 amide bonds. The molecule has 1 atom stereocenters. The van der Waals surface area contributed by atoms with Crippen molar-refractivity contribution in [3.05, 3.63) is 16.9 Å². The maximum atomic E-state index is 5.96. The summed E-state index contributed by atoms with van der Waals surface area (Å²) in [4.78, 5) is 10.7. The predicted octanol–water partition coefficient (Wildman–Crippen LogP) is 1.22. The van der Waals surface area contributed by atoms with Crippen LogP contribution in [0.15, 0.2) is 6.20 Å². The Hall–Kier alpha value is -0.870. The van der Waals surface area contributed by atoms with Gasteiger partial charge in [0.05, 0.1) is 0 Å². The highest BCUT2D eigenvalue weighted by molar-refractivity contribution is 6.30. The zero-order chi connectivity index (χ0) is 10.8. The van der Waals surface area contributed by atoms with E-state index in [0.29, 0.717) is 11.1 Å². The summed E-state index contributed by atoms with van der Waals surface area (Å²) in [5, 5.41) is 0.538. The largest absolute Gasteiger partial charge is 0.340 e. The van der Waals surface area contributed by atoms with Gasteiger partial charge in [-0.25, -0.2) is 9.97 Å². The zero-order valence-corrected chi connectivity index (χ0v) is 9.54. The maximum Gasteiger partial charge on any atom is 0.226 e. The summed E-state index contributed by atoms with van der Waals surface area (Å²) < 4.78 is 0. The van der Waals surface area contributed by atoms with Crippen LogP contribution < -0.4 is 10.6 Å². The molecular weight excluding hydrogens is 212 g/mol. The average molecular weight is 227 g/mol. The molecule has 1 fully saturated rings. The van der Waals surface area contributed by atoms with Crippen LogP contribution in [0.25, 0.3) is 0 Å². The molecule has 5 heteroatoms. The molecule has 82 valence electrons. The molecule has 15 heavy (non-hydrogen) atoms. The van der Waals surface area contributed by atoms with E-state index >= 15 is 0 Å². The summed E-state index contributed by atoms with van der Waals surface area (Å²) in [7, 11) is 0. The number of aryl methyl sites for hydroxylation is 1. The minimum atomic E-state index is 0.538. The van der Waals surface area contributed by atoms with Crippen LogP contribution in [0.5, 0.6) is 0 Å². The smallest absolute Gasteiger partial charge is 0.226 e. The van der Waals surface area contributed by atoms with Gasteiger partial charge in [-0.15, -0.1) is 0 Å². The van der Waals surface area contributed by atoms with E-state index in [9.17, 15) is 0 Å². The van der Waals surface area contributed by atoms with E-state index in [2.05, 4.69) is 14.9 Å². The fourth-order valence-corrected chi connectivity index (χ4v) is 1.90. The molecule has 1 aromatic rings. The van der Waals surface area contributed by atoms with Crippen molar-refractivity contribution in [3.63, 3.8) is 0 Å². The summed E-state index contributed by atoms with van der Waals surface area (Å²) in [5.41, 5.74) is 6.55. The van der Waals surface area contributed by atoms with E-state index in [0.717, 1.165) is 37.6 Å². The first-order valence-corrected chi connectivity index (χ1v) is 5.52. The van der Waals surface area contributed by atoms with Crippen LogP contribution in [0.4, 0.5) is 5.95 Å². The molecule has 0 bridgehead atoms. The lowest BCUT2D eigenvalue weighted by molar-refractivity contribution is 0.602. The second kappa shape index (κ2) is 4.33. The van der Waals surface area contributed by atoms with Crippen molar-refractivity contribution >= 4 is 17.5 Å². The lowest BCUT2D eigenvalue weighted by Crippen LogP contribution is -2.24. The van der Waals surface area contributed by atoms with Crippen molar-refractivity contribution in [2.24, 2.45) is 11.7 Å². The molecule has 1 aliphatic heterocycles. The van der Waals surface area contributed by atoms with E-state index < -0.39 is 0 Å². The van der Waals surface area contributed by atoms with Crippen molar-refractivity contribution in [1.29, 1.82) is 0 Å². The fourth-order valence-electron chi connectivity index (χ4n) is 1.77. The Bertz CT molecular complexity index is 355. The number of anilines is 1. The molecule has 2 rings (SSSR count). The van der Waals surface area contributed by atoms with Gasteiger partial charge in [-0.2, -0.15) is 0 Å². The molecule has 1 saturated heterocycles. The van der Waals surface area contributed by atoms with E-state index in [4.69, 9.17) is 17.3 Å². The second-order valence-corrected chi connectivity index (χ2v) is 4.34. The highest BCUT2D eigenvalue weighted by atomic mass is 35.5. The molecule has 0 aromatic carbocycles. The van der Waals surface area contributed by atoms with Crippen molar-refractivity contribution < 1.29 is 0 Å². The molecular formula is C10H15ClN4. The maximum absolute atomic E-state index is 5.96. The molecule has 1 unspecified atom stereocenters. The summed E-state index contributed by atoms with van der Waals surface area (Å²) in [6.07, 6.45) is 2.88. The molecule has 1 aromatic heterocycles. The van der Waals surface area contributed by atoms with E-state index in [1.165, 1.54) is 0 Å². The monoisotopic (exact) mass is 226 g/mol. The Kier molecular flexibility index (Phi) is 3.07.